The first-order valence-electron chi connectivity index (χ1n) is 5.84. The molecule has 2 heterocycles. The Hall–Kier alpha value is -0.320. The van der Waals surface area contributed by atoms with Crippen molar-refractivity contribution in [3.8, 4) is 0 Å². The van der Waals surface area contributed by atoms with Crippen molar-refractivity contribution in [1.82, 2.24) is 10.2 Å². The van der Waals surface area contributed by atoms with Crippen molar-refractivity contribution in [3.05, 3.63) is 0 Å². The van der Waals surface area contributed by atoms with Gasteiger partial charge in [-0.1, -0.05) is 0 Å². The maximum atomic E-state index is 12.1. The van der Waals surface area contributed by atoms with Gasteiger partial charge in [0.1, 0.15) is 0 Å². The number of carbonyl (C=O) groups is 1. The predicted molar refractivity (Wildman–Crippen MR) is 64.8 cm³/mol. The number of halogens is 1. The van der Waals surface area contributed by atoms with E-state index in [2.05, 4.69) is 5.32 Å². The summed E-state index contributed by atoms with van der Waals surface area (Å²) in [4.78, 5) is 14.0. The Kier molecular flexibility index (Phi) is 5.52. The van der Waals surface area contributed by atoms with E-state index in [4.69, 9.17) is 4.74 Å². The summed E-state index contributed by atoms with van der Waals surface area (Å²) in [5.74, 6) is 0.393. The molecule has 2 aliphatic rings. The molecule has 1 N–H and O–H groups in total. The highest BCUT2D eigenvalue weighted by molar-refractivity contribution is 5.85. The number of hydrogen-bond acceptors (Lipinski definition) is 3. The molecule has 1 unspecified atom stereocenters. The number of piperidine rings is 1. The maximum Gasteiger partial charge on any atom is 0.228 e. The molecule has 0 aromatic carbocycles. The van der Waals surface area contributed by atoms with Gasteiger partial charge in [0.2, 0.25) is 5.91 Å². The number of hydrogen-bond donors (Lipinski definition) is 1. The van der Waals surface area contributed by atoms with Gasteiger partial charge in [0.15, 0.2) is 0 Å². The van der Waals surface area contributed by atoms with Crippen molar-refractivity contribution >= 4 is 18.3 Å². The van der Waals surface area contributed by atoms with Crippen LogP contribution in [-0.4, -0.2) is 50.2 Å². The average Bonchev–Trinajstić information content (AvgIpc) is 2.82. The summed E-state index contributed by atoms with van der Waals surface area (Å²) < 4.78 is 5.26. The number of ether oxygens (including phenoxy) is 1. The van der Waals surface area contributed by atoms with Crippen LogP contribution in [0.15, 0.2) is 0 Å². The number of nitrogens with one attached hydrogen (secondary N) is 1. The third-order valence-electron chi connectivity index (χ3n) is 3.48. The highest BCUT2D eigenvalue weighted by atomic mass is 35.5. The highest BCUT2D eigenvalue weighted by Gasteiger charge is 2.30. The molecule has 0 aromatic rings. The van der Waals surface area contributed by atoms with E-state index in [1.54, 1.807) is 0 Å². The minimum Gasteiger partial charge on any atom is -0.381 e. The van der Waals surface area contributed by atoms with Crippen molar-refractivity contribution < 1.29 is 9.53 Å². The van der Waals surface area contributed by atoms with Gasteiger partial charge in [0.25, 0.3) is 0 Å². The molecule has 2 saturated heterocycles. The quantitative estimate of drug-likeness (QED) is 0.781. The van der Waals surface area contributed by atoms with Crippen molar-refractivity contribution in [2.45, 2.75) is 25.3 Å². The molecule has 2 rings (SSSR count). The molecule has 5 heteroatoms. The summed E-state index contributed by atoms with van der Waals surface area (Å²) in [6.07, 6.45) is 3.06. The summed E-state index contributed by atoms with van der Waals surface area (Å²) in [7, 11) is 1.94. The number of carbonyl (C=O) groups excluding carboxylic acids is 1. The first kappa shape index (κ1) is 13.7. The molecule has 0 bridgehead atoms. The second-order valence-corrected chi connectivity index (χ2v) is 4.49. The molecule has 0 aromatic heterocycles. The van der Waals surface area contributed by atoms with Crippen LogP contribution in [-0.2, 0) is 9.53 Å². The van der Waals surface area contributed by atoms with E-state index in [0.29, 0.717) is 12.6 Å². The van der Waals surface area contributed by atoms with Gasteiger partial charge in [-0.3, -0.25) is 4.79 Å². The minimum absolute atomic E-state index is 0. The highest BCUT2D eigenvalue weighted by Crippen LogP contribution is 2.18. The van der Waals surface area contributed by atoms with Crippen molar-refractivity contribution in [3.63, 3.8) is 0 Å². The predicted octanol–water partition coefficient (Wildman–Crippen LogP) is 0.655. The Balaban J connectivity index is 0.00000128. The minimum atomic E-state index is 0. The van der Waals surface area contributed by atoms with Gasteiger partial charge in [-0.2, -0.15) is 0 Å². The SMILES string of the molecule is CN(C(=O)C1CCOC1)C1CCNCC1.Cl. The Morgan fingerprint density at radius 2 is 2.00 bits per heavy atom. The van der Waals surface area contributed by atoms with Crippen LogP contribution in [0.5, 0.6) is 0 Å². The molecule has 0 saturated carbocycles. The molecule has 1 amide bonds. The van der Waals surface area contributed by atoms with E-state index in [-0.39, 0.29) is 24.2 Å². The lowest BCUT2D eigenvalue weighted by molar-refractivity contribution is -0.136. The third kappa shape index (κ3) is 3.09. The summed E-state index contributed by atoms with van der Waals surface area (Å²) in [5, 5.41) is 3.32. The second kappa shape index (κ2) is 6.42. The zero-order valence-corrected chi connectivity index (χ0v) is 10.6. The first-order valence-corrected chi connectivity index (χ1v) is 5.84. The fourth-order valence-electron chi connectivity index (χ4n) is 2.39. The maximum absolute atomic E-state index is 12.1. The monoisotopic (exact) mass is 248 g/mol. The lowest BCUT2D eigenvalue weighted by Crippen LogP contribution is -2.46. The van der Waals surface area contributed by atoms with Gasteiger partial charge in [-0.05, 0) is 32.4 Å². The van der Waals surface area contributed by atoms with Crippen LogP contribution in [0.2, 0.25) is 0 Å². The van der Waals surface area contributed by atoms with E-state index in [0.717, 1.165) is 39.0 Å². The zero-order valence-electron chi connectivity index (χ0n) is 9.78. The van der Waals surface area contributed by atoms with Gasteiger partial charge in [-0.25, -0.2) is 0 Å². The van der Waals surface area contributed by atoms with E-state index in [9.17, 15) is 4.79 Å². The van der Waals surface area contributed by atoms with Crippen LogP contribution in [0.3, 0.4) is 0 Å². The van der Waals surface area contributed by atoms with Gasteiger partial charge in [-0.15, -0.1) is 12.4 Å². The average molecular weight is 249 g/mol. The Bertz CT molecular complexity index is 226. The Labute approximate surface area is 103 Å². The lowest BCUT2D eigenvalue weighted by Gasteiger charge is -2.33. The number of amides is 1. The Morgan fingerprint density at radius 3 is 2.56 bits per heavy atom. The van der Waals surface area contributed by atoms with E-state index in [1.807, 2.05) is 11.9 Å². The summed E-state index contributed by atoms with van der Waals surface area (Å²) in [6, 6.07) is 0.430. The summed E-state index contributed by atoms with van der Waals surface area (Å²) >= 11 is 0. The lowest BCUT2D eigenvalue weighted by atomic mass is 10.0. The summed E-state index contributed by atoms with van der Waals surface area (Å²) in [6.45, 7) is 3.43. The second-order valence-electron chi connectivity index (χ2n) is 4.49. The van der Waals surface area contributed by atoms with E-state index in [1.165, 1.54) is 0 Å². The molecule has 2 aliphatic heterocycles. The molecule has 16 heavy (non-hydrogen) atoms. The van der Waals surface area contributed by atoms with Crippen LogP contribution in [0.4, 0.5) is 0 Å². The molecule has 0 radical (unpaired) electrons. The number of nitrogens with zero attached hydrogens (tertiary/aromatic N) is 1. The first-order chi connectivity index (χ1) is 7.29. The molecule has 2 fully saturated rings. The third-order valence-corrected chi connectivity index (χ3v) is 3.48. The molecule has 1 atom stereocenters. The zero-order chi connectivity index (χ0) is 10.7. The van der Waals surface area contributed by atoms with Crippen LogP contribution in [0.25, 0.3) is 0 Å². The standard InChI is InChI=1S/C11H20N2O2.ClH/c1-13(10-2-5-12-6-3-10)11(14)9-4-7-15-8-9;/h9-10,12H,2-8H2,1H3;1H. The fourth-order valence-corrected chi connectivity index (χ4v) is 2.39. The van der Waals surface area contributed by atoms with Crippen LogP contribution < -0.4 is 5.32 Å². The van der Waals surface area contributed by atoms with Gasteiger partial charge >= 0.3 is 0 Å². The summed E-state index contributed by atoms with van der Waals surface area (Å²) in [5.41, 5.74) is 0. The van der Waals surface area contributed by atoms with E-state index >= 15 is 0 Å². The van der Waals surface area contributed by atoms with Crippen molar-refractivity contribution in [1.29, 1.82) is 0 Å². The smallest absolute Gasteiger partial charge is 0.228 e. The largest absolute Gasteiger partial charge is 0.381 e. The van der Waals surface area contributed by atoms with Gasteiger partial charge in [0, 0.05) is 19.7 Å². The van der Waals surface area contributed by atoms with Gasteiger partial charge < -0.3 is 15.0 Å². The van der Waals surface area contributed by atoms with Crippen molar-refractivity contribution in [2.75, 3.05) is 33.4 Å². The van der Waals surface area contributed by atoms with Gasteiger partial charge in [0.05, 0.1) is 12.5 Å². The fraction of sp³-hybridized carbons (Fsp3) is 0.909. The molecular formula is C11H21ClN2O2. The van der Waals surface area contributed by atoms with Crippen LogP contribution in [0, 0.1) is 5.92 Å². The Morgan fingerprint density at radius 1 is 1.31 bits per heavy atom. The van der Waals surface area contributed by atoms with Crippen LogP contribution >= 0.6 is 12.4 Å². The van der Waals surface area contributed by atoms with Crippen molar-refractivity contribution in [2.24, 2.45) is 5.92 Å². The molecule has 0 aliphatic carbocycles. The number of rotatable bonds is 2. The molecule has 0 spiro atoms. The normalized spacial score (nSPS) is 26.2. The molecule has 94 valence electrons. The molecular weight excluding hydrogens is 228 g/mol. The molecule has 4 nitrogen and oxygen atoms in total. The topological polar surface area (TPSA) is 41.6 Å². The van der Waals surface area contributed by atoms with E-state index < -0.39 is 0 Å². The van der Waals surface area contributed by atoms with Crippen LogP contribution in [0.1, 0.15) is 19.3 Å².